The highest BCUT2D eigenvalue weighted by molar-refractivity contribution is 5.87. The van der Waals surface area contributed by atoms with Crippen LogP contribution in [-0.2, 0) is 17.1 Å². The smallest absolute Gasteiger partial charge is 0.335 e. The Morgan fingerprint density at radius 3 is 2.09 bits per heavy atom. The molecule has 2 fully saturated rings. The summed E-state index contributed by atoms with van der Waals surface area (Å²) in [6.07, 6.45) is -5.27. The van der Waals surface area contributed by atoms with Crippen LogP contribution in [0.25, 0.3) is 0 Å². The van der Waals surface area contributed by atoms with Gasteiger partial charge in [0.1, 0.15) is 0 Å². The minimum atomic E-state index is -5.01. The maximum absolute atomic E-state index is 14.3. The molecule has 0 saturated carbocycles. The summed E-state index contributed by atoms with van der Waals surface area (Å²) in [5.41, 5.74) is -2.19. The number of piperazine rings is 1. The van der Waals surface area contributed by atoms with Gasteiger partial charge in [0.2, 0.25) is 5.91 Å². The average Bonchev–Trinajstić information content (AvgIpc) is 3.23. The number of carbonyl (C=O) groups is 2. The van der Waals surface area contributed by atoms with Gasteiger partial charge in [-0.05, 0) is 67.5 Å². The van der Waals surface area contributed by atoms with Crippen molar-refractivity contribution in [1.29, 1.82) is 0 Å². The van der Waals surface area contributed by atoms with Gasteiger partial charge in [-0.2, -0.15) is 26.3 Å². The van der Waals surface area contributed by atoms with Crippen LogP contribution in [0.1, 0.15) is 72.5 Å². The van der Waals surface area contributed by atoms with E-state index in [1.807, 2.05) is 31.2 Å². The van der Waals surface area contributed by atoms with Crippen LogP contribution in [0.2, 0.25) is 0 Å². The van der Waals surface area contributed by atoms with Crippen LogP contribution in [0.15, 0.2) is 67.8 Å². The van der Waals surface area contributed by atoms with Crippen molar-refractivity contribution < 1.29 is 35.9 Å². The number of rotatable bonds is 8. The third kappa shape index (κ3) is 6.10. The molecule has 0 aliphatic carbocycles. The van der Waals surface area contributed by atoms with Gasteiger partial charge in [0, 0.05) is 20.1 Å². The van der Waals surface area contributed by atoms with E-state index in [4.69, 9.17) is 0 Å². The van der Waals surface area contributed by atoms with Crippen molar-refractivity contribution in [3.63, 3.8) is 0 Å². The predicted octanol–water partition coefficient (Wildman–Crippen LogP) is 8.33. The van der Waals surface area contributed by atoms with Crippen molar-refractivity contribution >= 4 is 11.9 Å². The summed E-state index contributed by atoms with van der Waals surface area (Å²) in [6, 6.07) is 6.30. The molecule has 11 heteroatoms. The van der Waals surface area contributed by atoms with Crippen molar-refractivity contribution in [1.82, 2.24) is 14.7 Å². The maximum atomic E-state index is 14.3. The molecule has 5 nitrogen and oxygen atoms in total. The van der Waals surface area contributed by atoms with Crippen LogP contribution < -0.4 is 0 Å². The normalized spacial score (nSPS) is 20.7. The zero-order valence-corrected chi connectivity index (χ0v) is 25.0. The number of carbonyl (C=O) groups excluding carboxylic acids is 2. The fourth-order valence-corrected chi connectivity index (χ4v) is 6.89. The number of alkyl halides is 6. The van der Waals surface area contributed by atoms with Gasteiger partial charge in [-0.25, -0.2) is 4.79 Å². The third-order valence-corrected chi connectivity index (χ3v) is 8.97. The number of halogens is 6. The zero-order chi connectivity index (χ0) is 32.6. The number of benzene rings is 2. The molecule has 0 N–H and O–H groups in total. The van der Waals surface area contributed by atoms with E-state index >= 15 is 0 Å². The second kappa shape index (κ2) is 12.3. The largest absolute Gasteiger partial charge is 0.416 e. The first kappa shape index (κ1) is 33.1. The molecule has 2 saturated heterocycles. The molecule has 2 aliphatic heterocycles. The minimum absolute atomic E-state index is 0.0450. The fraction of sp³-hybridized carbons (Fsp3) is 0.455. The van der Waals surface area contributed by atoms with Crippen LogP contribution in [-0.4, -0.2) is 52.8 Å². The van der Waals surface area contributed by atoms with Crippen LogP contribution in [0.5, 0.6) is 0 Å². The monoisotopic (exact) mass is 621 g/mol. The van der Waals surface area contributed by atoms with Gasteiger partial charge in [-0.1, -0.05) is 43.3 Å². The van der Waals surface area contributed by atoms with Crippen molar-refractivity contribution in [3.8, 4) is 0 Å². The van der Waals surface area contributed by atoms with E-state index in [0.717, 1.165) is 11.1 Å². The first-order valence-electron chi connectivity index (χ1n) is 14.5. The number of hydrogen-bond acceptors (Lipinski definition) is 2. The Hall–Kier alpha value is -3.76. The lowest BCUT2D eigenvalue weighted by atomic mass is 9.76. The van der Waals surface area contributed by atoms with Gasteiger partial charge in [0.05, 0.1) is 34.7 Å². The van der Waals surface area contributed by atoms with Crippen LogP contribution in [0, 0.1) is 12.3 Å². The highest BCUT2D eigenvalue weighted by Gasteiger charge is 2.56. The lowest BCUT2D eigenvalue weighted by Crippen LogP contribution is -2.57. The average molecular weight is 622 g/mol. The second-order valence-corrected chi connectivity index (χ2v) is 11.7. The standard InChI is InChI=1S/C33H37F6N3O2/c1-6-13-31(14-7-2)20-27-28(25-12-10-9-11-21(25)4)42(16-15-41(27)29(31)43)30(44)40(5)26(8-3)22-17-23(32(34,35)36)19-24(18-22)33(37,38)39/h6-7,9-12,17-19,26-28H,1-2,8,13-16,20H2,3-5H3. The molecule has 2 aromatic carbocycles. The minimum Gasteiger partial charge on any atom is -0.335 e. The molecular weight excluding hydrogens is 584 g/mol. The molecule has 4 rings (SSSR count). The van der Waals surface area contributed by atoms with Crippen molar-refractivity contribution in [3.05, 3.63) is 95.6 Å². The Morgan fingerprint density at radius 1 is 1.02 bits per heavy atom. The number of urea groups is 1. The topological polar surface area (TPSA) is 43.9 Å². The molecule has 3 atom stereocenters. The highest BCUT2D eigenvalue weighted by atomic mass is 19.4. The number of aryl methyl sites for hydroxylation is 1. The van der Waals surface area contributed by atoms with Gasteiger partial charge in [-0.15, -0.1) is 13.2 Å². The Bertz CT molecular complexity index is 1380. The van der Waals surface area contributed by atoms with Gasteiger partial charge in [0.15, 0.2) is 0 Å². The molecular formula is C33H37F6N3O2. The molecule has 2 aromatic rings. The first-order chi connectivity index (χ1) is 20.6. The van der Waals surface area contributed by atoms with E-state index in [1.54, 1.807) is 28.9 Å². The lowest BCUT2D eigenvalue weighted by molar-refractivity contribution is -0.143. The quantitative estimate of drug-likeness (QED) is 0.220. The van der Waals surface area contributed by atoms with Gasteiger partial charge in [-0.3, -0.25) is 4.79 Å². The summed E-state index contributed by atoms with van der Waals surface area (Å²) in [5, 5.41) is 0. The highest BCUT2D eigenvalue weighted by Crippen LogP contribution is 2.50. The molecule has 0 bridgehead atoms. The first-order valence-corrected chi connectivity index (χ1v) is 14.5. The molecule has 0 aromatic heterocycles. The molecule has 3 unspecified atom stereocenters. The van der Waals surface area contributed by atoms with Crippen LogP contribution in [0.4, 0.5) is 31.1 Å². The van der Waals surface area contributed by atoms with Crippen LogP contribution in [0.3, 0.4) is 0 Å². The zero-order valence-electron chi connectivity index (χ0n) is 25.0. The summed E-state index contributed by atoms with van der Waals surface area (Å²) in [6.45, 7) is 11.6. The number of amides is 3. The molecule has 2 aliphatic rings. The summed E-state index contributed by atoms with van der Waals surface area (Å²) in [4.78, 5) is 32.7. The van der Waals surface area contributed by atoms with Crippen molar-refractivity contribution in [2.45, 2.75) is 70.0 Å². The van der Waals surface area contributed by atoms with Gasteiger partial charge < -0.3 is 14.7 Å². The summed E-state index contributed by atoms with van der Waals surface area (Å²) >= 11 is 0. The van der Waals surface area contributed by atoms with E-state index in [9.17, 15) is 35.9 Å². The lowest BCUT2D eigenvalue weighted by Gasteiger charge is -2.47. The molecule has 0 radical (unpaired) electrons. The molecule has 44 heavy (non-hydrogen) atoms. The molecule has 2 heterocycles. The van der Waals surface area contributed by atoms with Gasteiger partial charge >= 0.3 is 18.4 Å². The number of allylic oxidation sites excluding steroid dienone is 2. The maximum Gasteiger partial charge on any atom is 0.416 e. The second-order valence-electron chi connectivity index (χ2n) is 11.7. The Morgan fingerprint density at radius 2 is 1.59 bits per heavy atom. The van der Waals surface area contributed by atoms with Crippen molar-refractivity contribution in [2.24, 2.45) is 5.41 Å². The number of nitrogens with zero attached hydrogens (tertiary/aromatic N) is 3. The molecule has 238 valence electrons. The fourth-order valence-electron chi connectivity index (χ4n) is 6.89. The SMILES string of the molecule is C=CCC1(CC=C)CC2C(c3ccccc3C)N(C(=O)N(C)C(CC)c3cc(C(F)(F)F)cc(C(F)(F)F)c3)CCN2C1=O. The van der Waals surface area contributed by atoms with E-state index in [0.29, 0.717) is 31.4 Å². The van der Waals surface area contributed by atoms with E-state index in [1.165, 1.54) is 11.9 Å². The number of hydrogen-bond donors (Lipinski definition) is 0. The van der Waals surface area contributed by atoms with Crippen molar-refractivity contribution in [2.75, 3.05) is 20.1 Å². The Balaban J connectivity index is 1.77. The Labute approximate surface area is 253 Å². The third-order valence-electron chi connectivity index (χ3n) is 8.97. The summed E-state index contributed by atoms with van der Waals surface area (Å²) in [5.74, 6) is -0.0450. The summed E-state index contributed by atoms with van der Waals surface area (Å²) < 4.78 is 82.0. The van der Waals surface area contributed by atoms with Crippen LogP contribution >= 0.6 is 0 Å². The van der Waals surface area contributed by atoms with Gasteiger partial charge in [0.25, 0.3) is 0 Å². The van der Waals surface area contributed by atoms with E-state index in [-0.39, 0.29) is 37.0 Å². The number of fused-ring (bicyclic) bond motifs is 1. The summed E-state index contributed by atoms with van der Waals surface area (Å²) in [7, 11) is 1.39. The predicted molar refractivity (Wildman–Crippen MR) is 155 cm³/mol. The van der Waals surface area contributed by atoms with E-state index < -0.39 is 53.1 Å². The molecule has 0 spiro atoms. The Kier molecular flexibility index (Phi) is 9.28. The molecule has 3 amide bonds. The van der Waals surface area contributed by atoms with E-state index in [2.05, 4.69) is 13.2 Å².